The van der Waals surface area contributed by atoms with Gasteiger partial charge in [-0.1, -0.05) is 0 Å². The van der Waals surface area contributed by atoms with Crippen molar-refractivity contribution in [2.24, 2.45) is 0 Å². The van der Waals surface area contributed by atoms with Crippen molar-refractivity contribution in [3.05, 3.63) is 0 Å². The van der Waals surface area contributed by atoms with Crippen LogP contribution in [-0.4, -0.2) is 55.0 Å². The van der Waals surface area contributed by atoms with Crippen molar-refractivity contribution < 1.29 is 14.6 Å². The lowest BCUT2D eigenvalue weighted by atomic mass is 10.2. The minimum absolute atomic E-state index is 0.0242. The van der Waals surface area contributed by atoms with Gasteiger partial charge in [0.2, 0.25) is 0 Å². The van der Waals surface area contributed by atoms with Gasteiger partial charge in [0, 0.05) is 32.3 Å². The maximum atomic E-state index is 11.9. The van der Waals surface area contributed by atoms with Crippen LogP contribution in [0.2, 0.25) is 0 Å². The average molecular weight is 230 g/mol. The van der Waals surface area contributed by atoms with E-state index in [4.69, 9.17) is 9.84 Å². The van der Waals surface area contributed by atoms with Crippen molar-refractivity contribution in [1.29, 1.82) is 0 Å². The zero-order chi connectivity index (χ0) is 12.0. The van der Waals surface area contributed by atoms with Gasteiger partial charge in [0.25, 0.3) is 0 Å². The number of aliphatic hydroxyl groups excluding tert-OH is 1. The molecule has 0 radical (unpaired) electrons. The van der Waals surface area contributed by atoms with Crippen LogP contribution in [0.4, 0.5) is 4.79 Å². The van der Waals surface area contributed by atoms with Crippen molar-refractivity contribution in [3.8, 4) is 0 Å². The maximum absolute atomic E-state index is 11.9. The average Bonchev–Trinajstić information content (AvgIpc) is 3.06. The molecule has 1 atom stereocenters. The summed E-state index contributed by atoms with van der Waals surface area (Å²) >= 11 is 0. The molecule has 0 heterocycles. The Morgan fingerprint density at radius 1 is 1.62 bits per heavy atom. The van der Waals surface area contributed by atoms with E-state index >= 15 is 0 Å². The van der Waals surface area contributed by atoms with Gasteiger partial charge < -0.3 is 20.1 Å². The summed E-state index contributed by atoms with van der Waals surface area (Å²) in [7, 11) is 1.65. The van der Waals surface area contributed by atoms with Crippen molar-refractivity contribution in [2.75, 3.05) is 26.9 Å². The van der Waals surface area contributed by atoms with Crippen LogP contribution in [0.5, 0.6) is 0 Å². The monoisotopic (exact) mass is 230 g/mol. The summed E-state index contributed by atoms with van der Waals surface area (Å²) in [6, 6.07) is 0.370. The lowest BCUT2D eigenvalue weighted by molar-refractivity contribution is 0.162. The molecule has 0 aromatic carbocycles. The summed E-state index contributed by atoms with van der Waals surface area (Å²) in [5, 5.41) is 11.8. The highest BCUT2D eigenvalue weighted by Gasteiger charge is 2.32. The third kappa shape index (κ3) is 4.37. The van der Waals surface area contributed by atoms with Crippen LogP contribution in [0.1, 0.15) is 26.2 Å². The second kappa shape index (κ2) is 6.70. The molecule has 0 aromatic rings. The molecule has 16 heavy (non-hydrogen) atoms. The van der Waals surface area contributed by atoms with E-state index in [1.165, 1.54) is 0 Å². The summed E-state index contributed by atoms with van der Waals surface area (Å²) in [5.41, 5.74) is 0. The van der Waals surface area contributed by atoms with Gasteiger partial charge in [0.1, 0.15) is 0 Å². The number of hydrogen-bond acceptors (Lipinski definition) is 3. The van der Waals surface area contributed by atoms with Crippen LogP contribution in [0.25, 0.3) is 0 Å². The summed E-state index contributed by atoms with van der Waals surface area (Å²) in [6.45, 7) is 3.05. The van der Waals surface area contributed by atoms with Crippen LogP contribution in [-0.2, 0) is 4.74 Å². The normalized spacial score (nSPS) is 16.9. The Morgan fingerprint density at radius 2 is 2.31 bits per heavy atom. The van der Waals surface area contributed by atoms with Crippen molar-refractivity contribution in [2.45, 2.75) is 38.3 Å². The van der Waals surface area contributed by atoms with Gasteiger partial charge in [0.15, 0.2) is 0 Å². The van der Waals surface area contributed by atoms with Crippen LogP contribution in [0.3, 0.4) is 0 Å². The Bertz CT molecular complexity index is 219. The molecule has 1 fully saturated rings. The number of amides is 2. The first-order valence-corrected chi connectivity index (χ1v) is 5.86. The minimum atomic E-state index is -0.0693. The molecule has 1 rings (SSSR count). The van der Waals surface area contributed by atoms with Gasteiger partial charge in [-0.3, -0.25) is 0 Å². The number of hydrogen-bond donors (Lipinski definition) is 2. The van der Waals surface area contributed by atoms with Gasteiger partial charge in [-0.2, -0.15) is 0 Å². The third-order valence-electron chi connectivity index (χ3n) is 2.71. The van der Waals surface area contributed by atoms with E-state index in [9.17, 15) is 4.79 Å². The molecule has 0 aliphatic heterocycles. The Labute approximate surface area is 96.8 Å². The predicted molar refractivity (Wildman–Crippen MR) is 61.3 cm³/mol. The lowest BCUT2D eigenvalue weighted by Crippen LogP contribution is -2.46. The molecule has 0 bridgehead atoms. The summed E-state index contributed by atoms with van der Waals surface area (Å²) in [6.07, 6.45) is 2.92. The first-order valence-electron chi connectivity index (χ1n) is 5.86. The van der Waals surface area contributed by atoms with Gasteiger partial charge in [0.05, 0.1) is 6.61 Å². The smallest absolute Gasteiger partial charge is 0.317 e. The number of nitrogens with zero attached hydrogens (tertiary/aromatic N) is 1. The second-order valence-electron chi connectivity index (χ2n) is 4.28. The molecule has 5 heteroatoms. The number of carbonyl (C=O) groups excluding carboxylic acids is 1. The summed E-state index contributed by atoms with van der Waals surface area (Å²) in [5.74, 6) is 0. The number of methoxy groups -OCH3 is 1. The SMILES string of the molecule is COCCC(C)NC(=O)N(CCO)C1CC1. The molecule has 2 amide bonds. The standard InChI is InChI=1S/C11H22N2O3/c1-9(5-8-16-2)12-11(15)13(6-7-14)10-3-4-10/h9-10,14H,3-8H2,1-2H3,(H,12,15). The number of nitrogens with one attached hydrogen (secondary N) is 1. The van der Waals surface area contributed by atoms with Crippen LogP contribution < -0.4 is 5.32 Å². The second-order valence-corrected chi connectivity index (χ2v) is 4.28. The molecule has 1 aliphatic carbocycles. The molecule has 5 nitrogen and oxygen atoms in total. The van der Waals surface area contributed by atoms with E-state index in [2.05, 4.69) is 5.32 Å². The largest absolute Gasteiger partial charge is 0.395 e. The van der Waals surface area contributed by atoms with Crippen LogP contribution in [0, 0.1) is 0 Å². The highest BCUT2D eigenvalue weighted by Crippen LogP contribution is 2.26. The number of carbonyl (C=O) groups is 1. The van der Waals surface area contributed by atoms with Crippen molar-refractivity contribution in [3.63, 3.8) is 0 Å². The lowest BCUT2D eigenvalue weighted by Gasteiger charge is -2.24. The van der Waals surface area contributed by atoms with Gasteiger partial charge in [-0.05, 0) is 26.2 Å². The van der Waals surface area contributed by atoms with E-state index in [0.29, 0.717) is 19.2 Å². The zero-order valence-corrected chi connectivity index (χ0v) is 10.1. The fourth-order valence-corrected chi connectivity index (χ4v) is 1.60. The molecular formula is C11H22N2O3. The molecule has 1 unspecified atom stereocenters. The van der Waals surface area contributed by atoms with Gasteiger partial charge in [-0.15, -0.1) is 0 Å². The highest BCUT2D eigenvalue weighted by atomic mass is 16.5. The van der Waals surface area contributed by atoms with Crippen LogP contribution in [0.15, 0.2) is 0 Å². The van der Waals surface area contributed by atoms with E-state index in [0.717, 1.165) is 19.3 Å². The van der Waals surface area contributed by atoms with E-state index in [1.807, 2.05) is 6.92 Å². The number of ether oxygens (including phenoxy) is 1. The molecule has 0 spiro atoms. The van der Waals surface area contributed by atoms with Gasteiger partial charge >= 0.3 is 6.03 Å². The Balaban J connectivity index is 2.30. The minimum Gasteiger partial charge on any atom is -0.395 e. The van der Waals surface area contributed by atoms with E-state index in [-0.39, 0.29) is 18.7 Å². The first-order chi connectivity index (χ1) is 7.69. The van der Waals surface area contributed by atoms with Crippen molar-refractivity contribution in [1.82, 2.24) is 10.2 Å². The fourth-order valence-electron chi connectivity index (χ4n) is 1.60. The molecule has 2 N–H and O–H groups in total. The van der Waals surface area contributed by atoms with Crippen molar-refractivity contribution >= 4 is 6.03 Å². The molecule has 0 aromatic heterocycles. The Hall–Kier alpha value is -0.810. The maximum Gasteiger partial charge on any atom is 0.317 e. The van der Waals surface area contributed by atoms with E-state index in [1.54, 1.807) is 12.0 Å². The quantitative estimate of drug-likeness (QED) is 0.672. The topological polar surface area (TPSA) is 61.8 Å². The number of aliphatic hydroxyl groups is 1. The summed E-state index contributed by atoms with van der Waals surface area (Å²) < 4.78 is 4.96. The number of rotatable bonds is 7. The fraction of sp³-hybridized carbons (Fsp3) is 0.909. The highest BCUT2D eigenvalue weighted by molar-refractivity contribution is 5.75. The molecule has 0 saturated heterocycles. The van der Waals surface area contributed by atoms with Gasteiger partial charge in [-0.25, -0.2) is 4.79 Å². The molecule has 1 saturated carbocycles. The Kier molecular flexibility index (Phi) is 5.55. The molecular weight excluding hydrogens is 208 g/mol. The Morgan fingerprint density at radius 3 is 2.81 bits per heavy atom. The number of urea groups is 1. The third-order valence-corrected chi connectivity index (χ3v) is 2.71. The van der Waals surface area contributed by atoms with Crippen LogP contribution >= 0.6 is 0 Å². The molecule has 94 valence electrons. The zero-order valence-electron chi connectivity index (χ0n) is 10.1. The summed E-state index contributed by atoms with van der Waals surface area (Å²) in [4.78, 5) is 13.6. The molecule has 1 aliphatic rings. The first kappa shape index (κ1) is 13.3. The van der Waals surface area contributed by atoms with E-state index < -0.39 is 0 Å². The predicted octanol–water partition coefficient (Wildman–Crippen LogP) is 0.578.